The Morgan fingerprint density at radius 1 is 0.800 bits per heavy atom. The number of hydrogen-bond donors (Lipinski definition) is 1. The molecule has 0 radical (unpaired) electrons. The third-order valence-electron chi connectivity index (χ3n) is 5.58. The molecule has 0 spiro atoms. The van der Waals surface area contributed by atoms with Crippen LogP contribution in [0, 0.1) is 17.8 Å². The second-order valence-electron chi connectivity index (χ2n) is 8.85. The molecule has 0 saturated heterocycles. The Morgan fingerprint density at radius 2 is 1.32 bits per heavy atom. The van der Waals surface area contributed by atoms with E-state index in [1.807, 2.05) is 0 Å². The molecule has 0 aliphatic carbocycles. The summed E-state index contributed by atoms with van der Waals surface area (Å²) in [4.78, 5) is 2.36. The number of unbranched alkanes of at least 4 members (excludes halogenated alkanes) is 6. The molecule has 0 rings (SSSR count). The summed E-state index contributed by atoms with van der Waals surface area (Å²) in [5, 5.41) is 3.50. The lowest BCUT2D eigenvalue weighted by Crippen LogP contribution is -2.28. The summed E-state index contributed by atoms with van der Waals surface area (Å²) in [5.41, 5.74) is 1.27. The highest BCUT2D eigenvalue weighted by Crippen LogP contribution is 2.22. The van der Waals surface area contributed by atoms with Gasteiger partial charge in [-0.05, 0) is 30.7 Å². The normalized spacial score (nSPS) is 14.1. The monoisotopic (exact) mass is 352 g/mol. The second kappa shape index (κ2) is 14.6. The maximum atomic E-state index is 4.22. The van der Waals surface area contributed by atoms with E-state index in [1.54, 1.807) is 0 Å². The van der Waals surface area contributed by atoms with Crippen molar-refractivity contribution in [3.8, 4) is 0 Å². The molecule has 2 atom stereocenters. The molecule has 0 heterocycles. The predicted octanol–water partition coefficient (Wildman–Crippen LogP) is 6.48. The van der Waals surface area contributed by atoms with Crippen LogP contribution in [-0.2, 0) is 0 Å². The summed E-state index contributed by atoms with van der Waals surface area (Å²) in [6.07, 6.45) is 11.2. The maximum absolute atomic E-state index is 4.22. The average molecular weight is 353 g/mol. The molecule has 0 bridgehead atoms. The first kappa shape index (κ1) is 24.5. The fourth-order valence-corrected chi connectivity index (χ4v) is 3.32. The zero-order chi connectivity index (χ0) is 19.2. The topological polar surface area (TPSA) is 15.3 Å². The second-order valence-corrected chi connectivity index (χ2v) is 8.85. The molecule has 0 aliphatic heterocycles. The standard InChI is InChI=1S/C23H48N2/c1-19(2)23(7)25(8)18-22(6)21(5)16-14-12-10-9-11-13-15-17-24-20(3)4/h19-22,24H,7,9-18H2,1-6,8H3. The molecule has 2 nitrogen and oxygen atoms in total. The summed E-state index contributed by atoms with van der Waals surface area (Å²) in [6.45, 7) is 20.3. The van der Waals surface area contributed by atoms with Crippen LogP contribution >= 0.6 is 0 Å². The van der Waals surface area contributed by atoms with E-state index in [4.69, 9.17) is 0 Å². The molecular formula is C23H48N2. The van der Waals surface area contributed by atoms with Gasteiger partial charge in [0.05, 0.1) is 0 Å². The van der Waals surface area contributed by atoms with Crippen molar-refractivity contribution in [2.24, 2.45) is 17.8 Å². The minimum absolute atomic E-state index is 0.550. The number of allylic oxidation sites excluding steroid dienone is 1. The van der Waals surface area contributed by atoms with Crippen LogP contribution in [0.15, 0.2) is 12.3 Å². The fraction of sp³-hybridized carbons (Fsp3) is 0.913. The Labute approximate surface area is 159 Å². The van der Waals surface area contributed by atoms with Gasteiger partial charge in [0.2, 0.25) is 0 Å². The van der Waals surface area contributed by atoms with E-state index < -0.39 is 0 Å². The summed E-state index contributed by atoms with van der Waals surface area (Å²) in [6, 6.07) is 0.632. The fourth-order valence-electron chi connectivity index (χ4n) is 3.32. The van der Waals surface area contributed by atoms with E-state index in [0.717, 1.165) is 18.4 Å². The van der Waals surface area contributed by atoms with Crippen LogP contribution in [0.25, 0.3) is 0 Å². The van der Waals surface area contributed by atoms with Crippen LogP contribution in [0.1, 0.15) is 92.9 Å². The van der Waals surface area contributed by atoms with Crippen LogP contribution in [0.2, 0.25) is 0 Å². The molecule has 2 unspecified atom stereocenters. The van der Waals surface area contributed by atoms with Gasteiger partial charge in [-0.25, -0.2) is 0 Å². The Hall–Kier alpha value is -0.500. The van der Waals surface area contributed by atoms with E-state index >= 15 is 0 Å². The van der Waals surface area contributed by atoms with Gasteiger partial charge in [-0.3, -0.25) is 0 Å². The van der Waals surface area contributed by atoms with Gasteiger partial charge in [0.1, 0.15) is 0 Å². The summed E-state index contributed by atoms with van der Waals surface area (Å²) < 4.78 is 0. The number of nitrogens with zero attached hydrogens (tertiary/aromatic N) is 1. The highest BCUT2D eigenvalue weighted by Gasteiger charge is 2.16. The number of rotatable bonds is 16. The Morgan fingerprint density at radius 3 is 1.84 bits per heavy atom. The molecule has 2 heteroatoms. The van der Waals surface area contributed by atoms with E-state index in [-0.39, 0.29) is 0 Å². The third kappa shape index (κ3) is 13.4. The smallest absolute Gasteiger partial charge is 0.0199 e. The van der Waals surface area contributed by atoms with Gasteiger partial charge in [0.15, 0.2) is 0 Å². The van der Waals surface area contributed by atoms with Crippen LogP contribution in [0.3, 0.4) is 0 Å². The molecular weight excluding hydrogens is 304 g/mol. The van der Waals surface area contributed by atoms with Crippen LogP contribution in [0.5, 0.6) is 0 Å². The Bertz CT molecular complexity index is 322. The lowest BCUT2D eigenvalue weighted by atomic mass is 9.90. The molecule has 0 aromatic carbocycles. The van der Waals surface area contributed by atoms with Crippen molar-refractivity contribution in [2.75, 3.05) is 20.1 Å². The molecule has 25 heavy (non-hydrogen) atoms. The zero-order valence-electron chi connectivity index (χ0n) is 18.5. The van der Waals surface area contributed by atoms with Crippen LogP contribution in [0.4, 0.5) is 0 Å². The van der Waals surface area contributed by atoms with Crippen LogP contribution < -0.4 is 5.32 Å². The molecule has 0 amide bonds. The lowest BCUT2D eigenvalue weighted by Gasteiger charge is -2.30. The summed E-state index contributed by atoms with van der Waals surface area (Å²) in [5.74, 6) is 2.10. The van der Waals surface area contributed by atoms with Gasteiger partial charge in [0, 0.05) is 25.3 Å². The number of hydrogen-bond acceptors (Lipinski definition) is 2. The van der Waals surface area contributed by atoms with Gasteiger partial charge in [0.25, 0.3) is 0 Å². The van der Waals surface area contributed by atoms with Crippen molar-refractivity contribution in [3.05, 3.63) is 12.3 Å². The SMILES string of the molecule is C=C(C(C)C)N(C)CC(C)C(C)CCCCCCCCCNC(C)C. The predicted molar refractivity (Wildman–Crippen MR) is 115 cm³/mol. The highest BCUT2D eigenvalue weighted by molar-refractivity contribution is 4.96. The van der Waals surface area contributed by atoms with E-state index in [2.05, 4.69) is 65.4 Å². The minimum Gasteiger partial charge on any atom is -0.378 e. The quantitative estimate of drug-likeness (QED) is 0.320. The van der Waals surface area contributed by atoms with E-state index in [9.17, 15) is 0 Å². The first-order valence-electron chi connectivity index (χ1n) is 10.9. The Balaban J connectivity index is 3.59. The van der Waals surface area contributed by atoms with Crippen molar-refractivity contribution in [2.45, 2.75) is 99.0 Å². The van der Waals surface area contributed by atoms with Crippen molar-refractivity contribution in [1.29, 1.82) is 0 Å². The first-order chi connectivity index (χ1) is 11.8. The average Bonchev–Trinajstić information content (AvgIpc) is 2.54. The molecule has 0 aliphatic rings. The third-order valence-corrected chi connectivity index (χ3v) is 5.58. The molecule has 0 saturated carbocycles. The van der Waals surface area contributed by atoms with Gasteiger partial charge in [-0.2, -0.15) is 0 Å². The van der Waals surface area contributed by atoms with Crippen LogP contribution in [-0.4, -0.2) is 31.1 Å². The van der Waals surface area contributed by atoms with Crippen molar-refractivity contribution < 1.29 is 0 Å². The highest BCUT2D eigenvalue weighted by atomic mass is 15.1. The molecule has 1 N–H and O–H groups in total. The molecule has 0 aromatic heterocycles. The maximum Gasteiger partial charge on any atom is 0.0199 e. The Kier molecular flexibility index (Phi) is 14.4. The first-order valence-corrected chi connectivity index (χ1v) is 10.9. The van der Waals surface area contributed by atoms with Gasteiger partial charge < -0.3 is 10.2 Å². The van der Waals surface area contributed by atoms with Gasteiger partial charge in [-0.15, -0.1) is 0 Å². The molecule has 0 fully saturated rings. The molecule has 150 valence electrons. The lowest BCUT2D eigenvalue weighted by molar-refractivity contribution is 0.254. The zero-order valence-corrected chi connectivity index (χ0v) is 18.5. The van der Waals surface area contributed by atoms with E-state index in [0.29, 0.717) is 12.0 Å². The van der Waals surface area contributed by atoms with Gasteiger partial charge in [-0.1, -0.05) is 93.1 Å². The number of nitrogens with one attached hydrogen (secondary N) is 1. The van der Waals surface area contributed by atoms with Crippen molar-refractivity contribution in [1.82, 2.24) is 10.2 Å². The molecule has 0 aromatic rings. The van der Waals surface area contributed by atoms with Gasteiger partial charge >= 0.3 is 0 Å². The summed E-state index contributed by atoms with van der Waals surface area (Å²) >= 11 is 0. The van der Waals surface area contributed by atoms with E-state index in [1.165, 1.54) is 63.6 Å². The van der Waals surface area contributed by atoms with Crippen molar-refractivity contribution >= 4 is 0 Å². The van der Waals surface area contributed by atoms with Crippen molar-refractivity contribution in [3.63, 3.8) is 0 Å². The minimum atomic E-state index is 0.550. The summed E-state index contributed by atoms with van der Waals surface area (Å²) in [7, 11) is 2.20. The largest absolute Gasteiger partial charge is 0.378 e.